The predicted octanol–water partition coefficient (Wildman–Crippen LogP) is 3.05. The third-order valence-corrected chi connectivity index (χ3v) is 5.30. The lowest BCUT2D eigenvalue weighted by Gasteiger charge is -2.39. The maximum absolute atomic E-state index is 6.00. The van der Waals surface area contributed by atoms with E-state index in [1.165, 1.54) is 7.11 Å². The average Bonchev–Trinajstić information content (AvgIpc) is 2.13. The van der Waals surface area contributed by atoms with E-state index < -0.39 is 26.9 Å². The molecule has 0 aromatic heterocycles. The molecule has 0 heterocycles. The van der Waals surface area contributed by atoms with Crippen LogP contribution in [0.1, 0.15) is 0 Å². The molecule has 0 saturated heterocycles. The van der Waals surface area contributed by atoms with Crippen LogP contribution in [0.2, 0.25) is 0 Å². The highest BCUT2D eigenvalue weighted by Crippen LogP contribution is 2.38. The molecule has 0 spiro atoms. The molecular weight excluding hydrogens is 277 g/mol. The Kier molecular flexibility index (Phi) is 4.76. The van der Waals surface area contributed by atoms with E-state index in [1.54, 1.807) is 0 Å². The predicted molar refractivity (Wildman–Crippen MR) is 59.0 cm³/mol. The lowest BCUT2D eigenvalue weighted by Crippen LogP contribution is -2.55. The van der Waals surface area contributed by atoms with Gasteiger partial charge in [-0.2, -0.15) is 0 Å². The Morgan fingerprint density at radius 1 is 0.692 bits per heavy atom. The molecule has 0 aromatic rings. The fraction of sp³-hybridized carbons (Fsp3) is 1.00. The number of ether oxygens (including phenoxy) is 1. The molecule has 6 heteroatoms. The summed E-state index contributed by atoms with van der Waals surface area (Å²) in [6.45, 7) is 0. The lowest BCUT2D eigenvalue weighted by molar-refractivity contribution is 0.0812. The van der Waals surface area contributed by atoms with Crippen LogP contribution in [-0.2, 0) is 4.74 Å². The van der Waals surface area contributed by atoms with Crippen molar-refractivity contribution in [1.29, 1.82) is 0 Å². The van der Waals surface area contributed by atoms with Crippen molar-refractivity contribution in [2.75, 3.05) is 7.11 Å². The quantitative estimate of drug-likeness (QED) is 0.673. The highest BCUT2D eigenvalue weighted by molar-refractivity contribution is 6.41. The summed E-state index contributed by atoms with van der Waals surface area (Å²) in [5.74, 6) is 0. The zero-order chi connectivity index (χ0) is 10.2. The molecule has 1 saturated carbocycles. The van der Waals surface area contributed by atoms with Gasteiger partial charge in [0.2, 0.25) is 0 Å². The smallest absolute Gasteiger partial charge is 0.0927 e. The van der Waals surface area contributed by atoms with Gasteiger partial charge in [0.1, 0.15) is 0 Å². The van der Waals surface area contributed by atoms with E-state index in [4.69, 9.17) is 62.7 Å². The van der Waals surface area contributed by atoms with Gasteiger partial charge < -0.3 is 4.74 Å². The Balaban J connectivity index is 2.79. The first-order valence-corrected chi connectivity index (χ1v) is 5.92. The van der Waals surface area contributed by atoms with Crippen LogP contribution >= 0.6 is 58.0 Å². The van der Waals surface area contributed by atoms with Gasteiger partial charge in [0.05, 0.1) is 33.0 Å². The van der Waals surface area contributed by atoms with Gasteiger partial charge in [-0.25, -0.2) is 0 Å². The Hall–Kier alpha value is 1.41. The zero-order valence-electron chi connectivity index (χ0n) is 6.76. The summed E-state index contributed by atoms with van der Waals surface area (Å²) in [6, 6.07) is 0. The van der Waals surface area contributed by atoms with Gasteiger partial charge in [-0.3, -0.25) is 0 Å². The number of hydrogen-bond acceptors (Lipinski definition) is 1. The number of alkyl halides is 5. The van der Waals surface area contributed by atoms with Crippen molar-refractivity contribution < 1.29 is 4.74 Å². The lowest BCUT2D eigenvalue weighted by atomic mass is 9.95. The Bertz CT molecular complexity index is 162. The van der Waals surface area contributed by atoms with Crippen LogP contribution in [0.5, 0.6) is 0 Å². The van der Waals surface area contributed by atoms with Crippen molar-refractivity contribution in [3.63, 3.8) is 0 Å². The summed E-state index contributed by atoms with van der Waals surface area (Å²) in [5, 5.41) is -2.10. The summed E-state index contributed by atoms with van der Waals surface area (Å²) in [5.41, 5.74) is 0. The SMILES string of the molecule is COC1C(Cl)C(Cl)C(Cl)C(Cl)C1Cl. The summed E-state index contributed by atoms with van der Waals surface area (Å²) in [6.07, 6.45) is -0.358. The molecule has 78 valence electrons. The van der Waals surface area contributed by atoms with E-state index in [2.05, 4.69) is 0 Å². The summed E-state index contributed by atoms with van der Waals surface area (Å²) >= 11 is 29.9. The third-order valence-electron chi connectivity index (χ3n) is 2.12. The Morgan fingerprint density at radius 2 is 1.00 bits per heavy atom. The minimum atomic E-state index is -0.431. The number of halogens is 5. The van der Waals surface area contributed by atoms with Crippen LogP contribution in [0.3, 0.4) is 0 Å². The molecule has 4 unspecified atom stereocenters. The van der Waals surface area contributed by atoms with Gasteiger partial charge in [-0.15, -0.1) is 58.0 Å². The van der Waals surface area contributed by atoms with Crippen LogP contribution in [-0.4, -0.2) is 40.1 Å². The summed E-state index contributed by atoms with van der Waals surface area (Å²) in [4.78, 5) is 0. The van der Waals surface area contributed by atoms with Crippen molar-refractivity contribution in [3.8, 4) is 0 Å². The standard InChI is InChI=1S/C7H9Cl5O/c1-13-7-5(11)3(9)2(8)4(10)6(7)12/h2-7H,1H3. The zero-order valence-corrected chi connectivity index (χ0v) is 10.5. The van der Waals surface area contributed by atoms with Crippen molar-refractivity contribution in [2.24, 2.45) is 0 Å². The summed E-state index contributed by atoms with van der Waals surface area (Å²) in [7, 11) is 1.53. The highest BCUT2D eigenvalue weighted by atomic mass is 35.5. The first-order chi connectivity index (χ1) is 6.00. The molecular formula is C7H9Cl5O. The van der Waals surface area contributed by atoms with Gasteiger partial charge >= 0.3 is 0 Å². The molecule has 4 atom stereocenters. The van der Waals surface area contributed by atoms with Gasteiger partial charge in [-0.05, 0) is 0 Å². The second-order valence-electron chi connectivity index (χ2n) is 2.92. The number of rotatable bonds is 1. The van der Waals surface area contributed by atoms with Crippen LogP contribution < -0.4 is 0 Å². The molecule has 13 heavy (non-hydrogen) atoms. The minimum Gasteiger partial charge on any atom is -0.378 e. The van der Waals surface area contributed by atoms with Gasteiger partial charge in [-0.1, -0.05) is 0 Å². The summed E-state index contributed by atoms with van der Waals surface area (Å²) < 4.78 is 5.11. The molecule has 0 amide bonds. The van der Waals surface area contributed by atoms with Crippen molar-refractivity contribution in [1.82, 2.24) is 0 Å². The average molecular weight is 286 g/mol. The largest absolute Gasteiger partial charge is 0.378 e. The fourth-order valence-corrected chi connectivity index (χ4v) is 3.37. The molecule has 1 fully saturated rings. The Morgan fingerprint density at radius 3 is 1.31 bits per heavy atom. The fourth-order valence-electron chi connectivity index (χ4n) is 1.32. The second kappa shape index (κ2) is 4.96. The number of methoxy groups -OCH3 is 1. The van der Waals surface area contributed by atoms with Crippen LogP contribution in [0.25, 0.3) is 0 Å². The van der Waals surface area contributed by atoms with E-state index in [0.29, 0.717) is 0 Å². The molecule has 0 aliphatic heterocycles. The van der Waals surface area contributed by atoms with E-state index in [9.17, 15) is 0 Å². The van der Waals surface area contributed by atoms with Gasteiger partial charge in [0.25, 0.3) is 0 Å². The van der Waals surface area contributed by atoms with Crippen LogP contribution in [0, 0.1) is 0 Å². The van der Waals surface area contributed by atoms with E-state index >= 15 is 0 Å². The topological polar surface area (TPSA) is 9.23 Å². The first-order valence-electron chi connectivity index (χ1n) is 3.74. The molecule has 1 nitrogen and oxygen atoms in total. The molecule has 0 radical (unpaired) electrons. The second-order valence-corrected chi connectivity index (χ2v) is 5.44. The first kappa shape index (κ1) is 12.5. The maximum atomic E-state index is 6.00. The third kappa shape index (κ3) is 2.32. The molecule has 0 aromatic carbocycles. The van der Waals surface area contributed by atoms with Gasteiger partial charge in [0, 0.05) is 7.11 Å². The number of hydrogen-bond donors (Lipinski definition) is 0. The highest BCUT2D eigenvalue weighted by Gasteiger charge is 2.47. The maximum Gasteiger partial charge on any atom is 0.0927 e. The molecule has 0 N–H and O–H groups in total. The van der Waals surface area contributed by atoms with Crippen LogP contribution in [0.4, 0.5) is 0 Å². The van der Waals surface area contributed by atoms with Crippen molar-refractivity contribution in [3.05, 3.63) is 0 Å². The Labute approximate surface area is 103 Å². The minimum absolute atomic E-state index is 0.358. The molecule has 0 bridgehead atoms. The van der Waals surface area contributed by atoms with E-state index in [-0.39, 0.29) is 6.10 Å². The van der Waals surface area contributed by atoms with E-state index in [0.717, 1.165) is 0 Å². The molecule has 1 aliphatic carbocycles. The molecule has 1 rings (SSSR count). The molecule has 1 aliphatic rings. The monoisotopic (exact) mass is 284 g/mol. The normalized spacial score (nSPS) is 52.2. The van der Waals surface area contributed by atoms with Crippen molar-refractivity contribution >= 4 is 58.0 Å². The van der Waals surface area contributed by atoms with Crippen LogP contribution in [0.15, 0.2) is 0 Å². The van der Waals surface area contributed by atoms with Crippen molar-refractivity contribution in [2.45, 2.75) is 33.0 Å². The van der Waals surface area contributed by atoms with Gasteiger partial charge in [0.15, 0.2) is 0 Å². The van der Waals surface area contributed by atoms with E-state index in [1.807, 2.05) is 0 Å².